The highest BCUT2D eigenvalue weighted by molar-refractivity contribution is 5.69. The number of unbranched alkanes of at least 4 members (excludes halogenated alkanes) is 42. The molecule has 0 fully saturated rings. The van der Waals surface area contributed by atoms with Gasteiger partial charge in [0.05, 0.1) is 6.61 Å². The molecule has 0 atom stereocenters. The molecule has 0 heterocycles. The summed E-state index contributed by atoms with van der Waals surface area (Å²) in [6.07, 6.45) is 62.4. The van der Waals surface area contributed by atoms with Gasteiger partial charge in [-0.05, 0) is 12.8 Å². The number of hydrogen-bond acceptors (Lipinski definition) is 2. The summed E-state index contributed by atoms with van der Waals surface area (Å²) in [7, 11) is 0. The normalized spacial score (nSPS) is 11.5. The van der Waals surface area contributed by atoms with E-state index in [2.05, 4.69) is 13.8 Å². The summed E-state index contributed by atoms with van der Waals surface area (Å²) in [5.41, 5.74) is 0. The fraction of sp³-hybridized carbons (Fsp3) is 0.980. The van der Waals surface area contributed by atoms with E-state index in [-0.39, 0.29) is 5.97 Å². The summed E-state index contributed by atoms with van der Waals surface area (Å²) < 4.78 is 5.49. The zero-order valence-corrected chi connectivity index (χ0v) is 35.8. The highest BCUT2D eigenvalue weighted by atomic mass is 16.5. The predicted molar refractivity (Wildman–Crippen MR) is 230 cm³/mol. The molecule has 0 amide bonds. The van der Waals surface area contributed by atoms with Crippen LogP contribution in [0, 0.1) is 0 Å². The van der Waals surface area contributed by atoms with Gasteiger partial charge in [0, 0.05) is 6.42 Å². The van der Waals surface area contributed by atoms with Crippen LogP contribution in [-0.2, 0) is 9.53 Å². The first-order chi connectivity index (χ1) is 25.3. The topological polar surface area (TPSA) is 26.3 Å². The molecule has 0 aliphatic carbocycles. The molecule has 2 nitrogen and oxygen atoms in total. The van der Waals surface area contributed by atoms with Crippen molar-refractivity contribution in [2.24, 2.45) is 0 Å². The van der Waals surface area contributed by atoms with Crippen molar-refractivity contribution in [1.29, 1.82) is 0 Å². The van der Waals surface area contributed by atoms with Gasteiger partial charge in [-0.25, -0.2) is 0 Å². The van der Waals surface area contributed by atoms with Gasteiger partial charge in [0.25, 0.3) is 0 Å². The Morgan fingerprint density at radius 2 is 0.431 bits per heavy atom. The molecule has 0 unspecified atom stereocenters. The maximum Gasteiger partial charge on any atom is 0.305 e. The zero-order valence-electron chi connectivity index (χ0n) is 35.8. The van der Waals surface area contributed by atoms with Crippen LogP contribution in [0.25, 0.3) is 0 Å². The van der Waals surface area contributed by atoms with Crippen molar-refractivity contribution in [3.63, 3.8) is 0 Å². The van der Waals surface area contributed by atoms with E-state index in [0.29, 0.717) is 13.0 Å². The molecule has 0 saturated heterocycles. The molecule has 2 heteroatoms. The van der Waals surface area contributed by atoms with Crippen LogP contribution in [0.4, 0.5) is 0 Å². The SMILES string of the molecule is CCCCCCCCCCCCCCCCCCCCCCCCCCCCCC(=O)OCCCCCCCCCCCCCCCCCCC. The Labute approximate surface area is 324 Å². The molecular weight excluding hydrogens is 621 g/mol. The minimum absolute atomic E-state index is 0.0334. The summed E-state index contributed by atoms with van der Waals surface area (Å²) in [5, 5.41) is 0. The fourth-order valence-electron chi connectivity index (χ4n) is 7.85. The van der Waals surface area contributed by atoms with Gasteiger partial charge in [0.1, 0.15) is 0 Å². The summed E-state index contributed by atoms with van der Waals surface area (Å²) in [5.74, 6) is 0.0334. The summed E-state index contributed by atoms with van der Waals surface area (Å²) in [4.78, 5) is 12.0. The minimum atomic E-state index is 0.0334. The quantitative estimate of drug-likeness (QED) is 0.0463. The largest absolute Gasteiger partial charge is 0.466 e. The van der Waals surface area contributed by atoms with Crippen molar-refractivity contribution in [2.45, 2.75) is 303 Å². The average Bonchev–Trinajstić information content (AvgIpc) is 3.14. The lowest BCUT2D eigenvalue weighted by molar-refractivity contribution is -0.143. The second kappa shape index (κ2) is 47.5. The highest BCUT2D eigenvalue weighted by Crippen LogP contribution is 2.17. The molecule has 0 aromatic rings. The molecule has 0 N–H and O–H groups in total. The Balaban J connectivity index is 3.13. The number of carbonyl (C=O) groups is 1. The van der Waals surface area contributed by atoms with E-state index in [4.69, 9.17) is 4.74 Å². The molecular formula is C49H98O2. The molecule has 0 aromatic carbocycles. The maximum absolute atomic E-state index is 12.0. The highest BCUT2D eigenvalue weighted by Gasteiger charge is 2.03. The Hall–Kier alpha value is -0.530. The van der Waals surface area contributed by atoms with Gasteiger partial charge in [-0.2, -0.15) is 0 Å². The van der Waals surface area contributed by atoms with Crippen molar-refractivity contribution in [2.75, 3.05) is 6.61 Å². The molecule has 0 radical (unpaired) electrons. The zero-order chi connectivity index (χ0) is 36.8. The van der Waals surface area contributed by atoms with Crippen molar-refractivity contribution >= 4 is 5.97 Å². The van der Waals surface area contributed by atoms with Crippen molar-refractivity contribution in [3.05, 3.63) is 0 Å². The van der Waals surface area contributed by atoms with Gasteiger partial charge in [-0.1, -0.05) is 284 Å². The van der Waals surface area contributed by atoms with Crippen LogP contribution in [0.1, 0.15) is 303 Å². The van der Waals surface area contributed by atoms with Crippen LogP contribution >= 0.6 is 0 Å². The van der Waals surface area contributed by atoms with Gasteiger partial charge in [0.2, 0.25) is 0 Å². The Kier molecular flexibility index (Phi) is 47.0. The third-order valence-corrected chi connectivity index (χ3v) is 11.5. The molecule has 0 rings (SSSR count). The third-order valence-electron chi connectivity index (χ3n) is 11.5. The molecule has 0 aromatic heterocycles. The number of esters is 1. The Bertz CT molecular complexity index is 615. The Morgan fingerprint density at radius 3 is 0.647 bits per heavy atom. The fourth-order valence-corrected chi connectivity index (χ4v) is 7.85. The van der Waals surface area contributed by atoms with E-state index >= 15 is 0 Å². The smallest absolute Gasteiger partial charge is 0.305 e. The van der Waals surface area contributed by atoms with E-state index in [9.17, 15) is 4.79 Å². The minimum Gasteiger partial charge on any atom is -0.466 e. The summed E-state index contributed by atoms with van der Waals surface area (Å²) in [6.45, 7) is 5.24. The first kappa shape index (κ1) is 50.5. The summed E-state index contributed by atoms with van der Waals surface area (Å²) in [6, 6.07) is 0. The predicted octanol–water partition coefficient (Wildman–Crippen LogP) is 18.1. The van der Waals surface area contributed by atoms with Crippen molar-refractivity contribution in [3.8, 4) is 0 Å². The van der Waals surface area contributed by atoms with Crippen molar-refractivity contribution in [1.82, 2.24) is 0 Å². The molecule has 306 valence electrons. The lowest BCUT2D eigenvalue weighted by Gasteiger charge is -2.06. The molecule has 0 aliphatic heterocycles. The van der Waals surface area contributed by atoms with Crippen LogP contribution in [0.15, 0.2) is 0 Å². The first-order valence-corrected chi connectivity index (χ1v) is 24.5. The van der Waals surface area contributed by atoms with Gasteiger partial charge in [-0.15, -0.1) is 0 Å². The van der Waals surface area contributed by atoms with Crippen molar-refractivity contribution < 1.29 is 9.53 Å². The van der Waals surface area contributed by atoms with Gasteiger partial charge in [-0.3, -0.25) is 4.79 Å². The molecule has 51 heavy (non-hydrogen) atoms. The lowest BCUT2D eigenvalue weighted by Crippen LogP contribution is -2.05. The monoisotopic (exact) mass is 719 g/mol. The van der Waals surface area contributed by atoms with Gasteiger partial charge < -0.3 is 4.74 Å². The lowest BCUT2D eigenvalue weighted by atomic mass is 10.0. The number of carbonyl (C=O) groups excluding carboxylic acids is 1. The molecule has 0 aliphatic rings. The Morgan fingerprint density at radius 1 is 0.255 bits per heavy atom. The number of hydrogen-bond donors (Lipinski definition) is 0. The summed E-state index contributed by atoms with van der Waals surface area (Å²) >= 11 is 0. The maximum atomic E-state index is 12.0. The molecule has 0 saturated carbocycles. The number of ether oxygens (including phenoxy) is 1. The van der Waals surface area contributed by atoms with Gasteiger partial charge >= 0.3 is 5.97 Å². The van der Waals surface area contributed by atoms with E-state index in [1.54, 1.807) is 0 Å². The van der Waals surface area contributed by atoms with Crippen LogP contribution in [0.3, 0.4) is 0 Å². The number of rotatable bonds is 46. The average molecular weight is 719 g/mol. The van der Waals surface area contributed by atoms with E-state index in [0.717, 1.165) is 12.8 Å². The second-order valence-corrected chi connectivity index (χ2v) is 16.8. The van der Waals surface area contributed by atoms with Crippen LogP contribution in [0.2, 0.25) is 0 Å². The van der Waals surface area contributed by atoms with Crippen LogP contribution < -0.4 is 0 Å². The molecule has 0 spiro atoms. The van der Waals surface area contributed by atoms with E-state index in [1.165, 1.54) is 270 Å². The standard InChI is InChI=1S/C49H98O2/c1-3-5-7-9-11-13-15-17-19-21-22-23-24-25-26-27-28-29-30-31-33-35-37-39-41-43-45-47-49(50)51-48-46-44-42-40-38-36-34-32-20-18-16-14-12-10-8-6-4-2/h3-48H2,1-2H3. The first-order valence-electron chi connectivity index (χ1n) is 24.5. The van der Waals surface area contributed by atoms with Gasteiger partial charge in [0.15, 0.2) is 0 Å². The van der Waals surface area contributed by atoms with E-state index < -0.39 is 0 Å². The third kappa shape index (κ3) is 47.4. The molecule has 0 bridgehead atoms. The van der Waals surface area contributed by atoms with E-state index in [1.807, 2.05) is 0 Å². The van der Waals surface area contributed by atoms with Crippen LogP contribution in [0.5, 0.6) is 0 Å². The second-order valence-electron chi connectivity index (χ2n) is 16.8. The van der Waals surface area contributed by atoms with Crippen LogP contribution in [-0.4, -0.2) is 12.6 Å².